The molecule has 0 aliphatic carbocycles. The van der Waals surface area contributed by atoms with Crippen LogP contribution in [0.25, 0.3) is 0 Å². The van der Waals surface area contributed by atoms with E-state index >= 15 is 0 Å². The Labute approximate surface area is 70.4 Å². The number of nitrogens with one attached hydrogen (secondary N) is 1. The second-order valence-electron chi connectivity index (χ2n) is 2.77. The molecule has 0 saturated carbocycles. The first-order chi connectivity index (χ1) is 5.27. The van der Waals surface area contributed by atoms with E-state index in [0.29, 0.717) is 6.04 Å². The fraction of sp³-hybridized carbons (Fsp3) is 0.429. The molecule has 1 aromatic rings. The van der Waals surface area contributed by atoms with E-state index in [1.165, 1.54) is 0 Å². The molecule has 1 aromatic heterocycles. The molecular formula is C7H9N3S. The summed E-state index contributed by atoms with van der Waals surface area (Å²) in [6, 6.07) is 2.33. The third-order valence-corrected chi connectivity index (χ3v) is 2.10. The summed E-state index contributed by atoms with van der Waals surface area (Å²) >= 11 is 5.12. The molecule has 1 unspecified atom stereocenters. The van der Waals surface area contributed by atoms with Gasteiger partial charge in [-0.2, -0.15) is 5.10 Å². The van der Waals surface area contributed by atoms with Gasteiger partial charge in [0, 0.05) is 12.2 Å². The monoisotopic (exact) mass is 167 g/mol. The predicted octanol–water partition coefficient (Wildman–Crippen LogP) is 0.550. The van der Waals surface area contributed by atoms with E-state index < -0.39 is 0 Å². The molecule has 0 aromatic carbocycles. The van der Waals surface area contributed by atoms with Crippen LogP contribution in [0.5, 0.6) is 0 Å². The zero-order chi connectivity index (χ0) is 7.84. The Hall–Kier alpha value is -0.900. The van der Waals surface area contributed by atoms with Crippen molar-refractivity contribution >= 4 is 17.2 Å². The van der Waals surface area contributed by atoms with E-state index in [1.807, 2.05) is 10.7 Å². The van der Waals surface area contributed by atoms with Gasteiger partial charge in [0.1, 0.15) is 4.99 Å². The SMILES string of the molecule is CC1Cn2nccc2C(=S)N1. The zero-order valence-corrected chi connectivity index (χ0v) is 7.06. The van der Waals surface area contributed by atoms with Crippen LogP contribution in [0.4, 0.5) is 0 Å². The second-order valence-corrected chi connectivity index (χ2v) is 3.18. The minimum atomic E-state index is 0.398. The van der Waals surface area contributed by atoms with Crippen molar-refractivity contribution in [2.45, 2.75) is 19.5 Å². The van der Waals surface area contributed by atoms with Crippen molar-refractivity contribution < 1.29 is 0 Å². The standard InChI is InChI=1S/C7H9N3S/c1-5-4-10-6(2-3-8-10)7(11)9-5/h2-3,5H,4H2,1H3,(H,9,11). The lowest BCUT2D eigenvalue weighted by Crippen LogP contribution is -2.41. The number of hydrogen-bond acceptors (Lipinski definition) is 2. The van der Waals surface area contributed by atoms with Gasteiger partial charge in [-0.3, -0.25) is 4.68 Å². The Bertz CT molecular complexity index is 292. The molecule has 0 amide bonds. The van der Waals surface area contributed by atoms with Crippen molar-refractivity contribution in [1.29, 1.82) is 0 Å². The van der Waals surface area contributed by atoms with Crippen LogP contribution in [0.3, 0.4) is 0 Å². The summed E-state index contributed by atoms with van der Waals surface area (Å²) in [6.07, 6.45) is 1.78. The summed E-state index contributed by atoms with van der Waals surface area (Å²) < 4.78 is 1.93. The summed E-state index contributed by atoms with van der Waals surface area (Å²) in [7, 11) is 0. The average Bonchev–Trinajstić information content (AvgIpc) is 2.34. The van der Waals surface area contributed by atoms with Gasteiger partial charge in [-0.1, -0.05) is 12.2 Å². The Balaban J connectivity index is 2.44. The molecule has 58 valence electrons. The number of hydrogen-bond donors (Lipinski definition) is 1. The molecule has 0 fully saturated rings. The molecule has 1 aliphatic rings. The maximum absolute atomic E-state index is 5.12. The van der Waals surface area contributed by atoms with Gasteiger partial charge >= 0.3 is 0 Å². The highest BCUT2D eigenvalue weighted by Crippen LogP contribution is 2.07. The molecule has 4 heteroatoms. The van der Waals surface area contributed by atoms with Gasteiger partial charge in [-0.05, 0) is 13.0 Å². The molecule has 3 nitrogen and oxygen atoms in total. The van der Waals surface area contributed by atoms with E-state index in [-0.39, 0.29) is 0 Å². The largest absolute Gasteiger partial charge is 0.370 e. The van der Waals surface area contributed by atoms with Crippen LogP contribution in [-0.2, 0) is 6.54 Å². The van der Waals surface area contributed by atoms with E-state index in [9.17, 15) is 0 Å². The summed E-state index contributed by atoms with van der Waals surface area (Å²) in [5.74, 6) is 0. The second kappa shape index (κ2) is 2.30. The first-order valence-electron chi connectivity index (χ1n) is 3.60. The average molecular weight is 167 g/mol. The molecule has 1 N–H and O–H groups in total. The van der Waals surface area contributed by atoms with Crippen molar-refractivity contribution in [1.82, 2.24) is 15.1 Å². The van der Waals surface area contributed by atoms with Gasteiger partial charge in [0.2, 0.25) is 0 Å². The lowest BCUT2D eigenvalue weighted by Gasteiger charge is -2.22. The molecule has 11 heavy (non-hydrogen) atoms. The fourth-order valence-corrected chi connectivity index (χ4v) is 1.65. The van der Waals surface area contributed by atoms with Crippen molar-refractivity contribution in [3.63, 3.8) is 0 Å². The first-order valence-corrected chi connectivity index (χ1v) is 4.01. The van der Waals surface area contributed by atoms with Crippen molar-refractivity contribution in [2.24, 2.45) is 0 Å². The van der Waals surface area contributed by atoms with Crippen LogP contribution in [-0.4, -0.2) is 20.8 Å². The highest BCUT2D eigenvalue weighted by molar-refractivity contribution is 7.80. The number of rotatable bonds is 0. The van der Waals surface area contributed by atoms with Gasteiger partial charge < -0.3 is 5.32 Å². The highest BCUT2D eigenvalue weighted by atomic mass is 32.1. The minimum Gasteiger partial charge on any atom is -0.370 e. The van der Waals surface area contributed by atoms with E-state index in [0.717, 1.165) is 17.2 Å². The summed E-state index contributed by atoms with van der Waals surface area (Å²) in [6.45, 7) is 3.00. The molecule has 0 spiro atoms. The maximum Gasteiger partial charge on any atom is 0.125 e. The van der Waals surface area contributed by atoms with Gasteiger partial charge in [0.05, 0.1) is 12.2 Å². The summed E-state index contributed by atoms with van der Waals surface area (Å²) in [5, 5.41) is 7.34. The van der Waals surface area contributed by atoms with E-state index in [4.69, 9.17) is 12.2 Å². The molecular weight excluding hydrogens is 158 g/mol. The van der Waals surface area contributed by atoms with Crippen molar-refractivity contribution in [3.05, 3.63) is 18.0 Å². The van der Waals surface area contributed by atoms with E-state index in [1.54, 1.807) is 6.20 Å². The third-order valence-electron chi connectivity index (χ3n) is 1.77. The smallest absolute Gasteiger partial charge is 0.125 e. The normalized spacial score (nSPS) is 22.6. The van der Waals surface area contributed by atoms with E-state index in [2.05, 4.69) is 17.3 Å². The van der Waals surface area contributed by atoms with Gasteiger partial charge in [-0.25, -0.2) is 0 Å². The summed E-state index contributed by atoms with van der Waals surface area (Å²) in [5.41, 5.74) is 1.03. The molecule has 0 bridgehead atoms. The van der Waals surface area contributed by atoms with Crippen LogP contribution in [0.15, 0.2) is 12.3 Å². The minimum absolute atomic E-state index is 0.398. The number of nitrogens with zero attached hydrogens (tertiary/aromatic N) is 2. The lowest BCUT2D eigenvalue weighted by molar-refractivity contribution is 0.483. The molecule has 0 saturated heterocycles. The van der Waals surface area contributed by atoms with Gasteiger partial charge in [0.25, 0.3) is 0 Å². The van der Waals surface area contributed by atoms with Crippen molar-refractivity contribution in [2.75, 3.05) is 0 Å². The first kappa shape index (κ1) is 6.79. The van der Waals surface area contributed by atoms with Gasteiger partial charge in [-0.15, -0.1) is 0 Å². The molecule has 0 radical (unpaired) electrons. The summed E-state index contributed by atoms with van der Waals surface area (Å²) in [4.78, 5) is 0.807. The molecule has 2 heterocycles. The van der Waals surface area contributed by atoms with Crippen LogP contribution in [0.2, 0.25) is 0 Å². The maximum atomic E-state index is 5.12. The van der Waals surface area contributed by atoms with Crippen LogP contribution in [0, 0.1) is 0 Å². The number of aromatic nitrogens is 2. The van der Waals surface area contributed by atoms with Gasteiger partial charge in [0.15, 0.2) is 0 Å². The topological polar surface area (TPSA) is 29.9 Å². The van der Waals surface area contributed by atoms with Crippen LogP contribution < -0.4 is 5.32 Å². The Kier molecular flexibility index (Phi) is 1.42. The van der Waals surface area contributed by atoms with Crippen molar-refractivity contribution in [3.8, 4) is 0 Å². The Morgan fingerprint density at radius 1 is 1.82 bits per heavy atom. The Morgan fingerprint density at radius 2 is 2.64 bits per heavy atom. The zero-order valence-electron chi connectivity index (χ0n) is 6.24. The predicted molar refractivity (Wildman–Crippen MR) is 46.5 cm³/mol. The Morgan fingerprint density at radius 3 is 3.45 bits per heavy atom. The van der Waals surface area contributed by atoms with Crippen LogP contribution in [0.1, 0.15) is 12.6 Å². The molecule has 2 rings (SSSR count). The van der Waals surface area contributed by atoms with Crippen LogP contribution >= 0.6 is 12.2 Å². The third kappa shape index (κ3) is 1.03. The quantitative estimate of drug-likeness (QED) is 0.572. The molecule has 1 aliphatic heterocycles. The molecule has 1 atom stereocenters. The lowest BCUT2D eigenvalue weighted by atomic mass is 10.2. The highest BCUT2D eigenvalue weighted by Gasteiger charge is 2.17. The fourth-order valence-electron chi connectivity index (χ4n) is 1.27. The number of fused-ring (bicyclic) bond motifs is 1. The number of thiocarbonyl (C=S) groups is 1.